The summed E-state index contributed by atoms with van der Waals surface area (Å²) in [6, 6.07) is 1.22. The van der Waals surface area contributed by atoms with Gasteiger partial charge in [-0.05, 0) is 6.92 Å². The summed E-state index contributed by atoms with van der Waals surface area (Å²) in [6.07, 6.45) is -4.72. The zero-order chi connectivity index (χ0) is 15.7. The van der Waals surface area contributed by atoms with Crippen LogP contribution in [-0.2, 0) is 10.9 Å². The van der Waals surface area contributed by atoms with E-state index in [9.17, 15) is 18.3 Å². The highest BCUT2D eigenvalue weighted by Crippen LogP contribution is 2.29. The van der Waals surface area contributed by atoms with Crippen LogP contribution in [0.15, 0.2) is 6.07 Å². The van der Waals surface area contributed by atoms with Crippen molar-refractivity contribution >= 4 is 11.6 Å². The minimum atomic E-state index is -4.69. The van der Waals surface area contributed by atoms with E-state index in [4.69, 9.17) is 10.6 Å². The summed E-state index contributed by atoms with van der Waals surface area (Å²) in [5, 5.41) is 13.0. The van der Waals surface area contributed by atoms with Gasteiger partial charge in [-0.15, -0.1) is 0 Å². The number of nitrogens with two attached hydrogens (primary N) is 1. The highest BCUT2D eigenvalue weighted by atomic mass is 19.4. The van der Waals surface area contributed by atoms with Gasteiger partial charge < -0.3 is 20.6 Å². The van der Waals surface area contributed by atoms with Crippen molar-refractivity contribution in [2.45, 2.75) is 31.2 Å². The van der Waals surface area contributed by atoms with Gasteiger partial charge in [0, 0.05) is 25.6 Å². The van der Waals surface area contributed by atoms with Crippen molar-refractivity contribution in [3.05, 3.63) is 11.9 Å². The number of nitrogen functional groups attached to an aromatic ring is 1. The number of nitrogens with zero attached hydrogens (tertiary/aromatic N) is 2. The molecule has 21 heavy (non-hydrogen) atoms. The van der Waals surface area contributed by atoms with Crippen LogP contribution in [0.2, 0.25) is 0 Å². The van der Waals surface area contributed by atoms with Crippen molar-refractivity contribution in [1.82, 2.24) is 9.97 Å². The number of alkyl halides is 3. The van der Waals surface area contributed by atoms with Gasteiger partial charge in [0.25, 0.3) is 0 Å². The van der Waals surface area contributed by atoms with Crippen LogP contribution in [0.5, 0.6) is 0 Å². The average Bonchev–Trinajstić information content (AvgIpc) is 2.75. The Labute approximate surface area is 118 Å². The second-order valence-electron chi connectivity index (χ2n) is 4.82. The molecule has 0 bridgehead atoms. The third-order valence-electron chi connectivity index (χ3n) is 3.36. The molecule has 2 heterocycles. The number of hydrazine groups is 1. The Morgan fingerprint density at radius 1 is 1.48 bits per heavy atom. The zero-order valence-corrected chi connectivity index (χ0v) is 11.2. The number of aliphatic hydroxyl groups is 1. The fourth-order valence-corrected chi connectivity index (χ4v) is 1.99. The minimum Gasteiger partial charge on any atom is -0.385 e. The predicted molar refractivity (Wildman–Crippen MR) is 68.3 cm³/mol. The molecule has 0 amide bonds. The Morgan fingerprint density at radius 2 is 2.14 bits per heavy atom. The number of aromatic nitrogens is 2. The molecule has 0 aromatic carbocycles. The van der Waals surface area contributed by atoms with Crippen LogP contribution in [0, 0.1) is 0 Å². The Hall–Kier alpha value is -1.65. The Bertz CT molecular complexity index is 513. The number of rotatable bonds is 4. The smallest absolute Gasteiger partial charge is 0.385 e. The molecule has 1 aromatic heterocycles. The largest absolute Gasteiger partial charge is 0.451 e. The maximum absolute atomic E-state index is 12.7. The van der Waals surface area contributed by atoms with Gasteiger partial charge in [0.05, 0.1) is 6.10 Å². The lowest BCUT2D eigenvalue weighted by molar-refractivity contribution is -0.144. The standard InChI is InChI=1S/C11H16F3N5O2/c1-6-10(20,2-3-21-6)5-16-7-4-8(19-15)18-9(17-7)11(12,13)14/h4,6,20H,2-3,5,15H2,1H3,(H2,16,17,18,19). The van der Waals surface area contributed by atoms with Crippen LogP contribution in [0.3, 0.4) is 0 Å². The molecule has 118 valence electrons. The van der Waals surface area contributed by atoms with Crippen LogP contribution in [0.25, 0.3) is 0 Å². The van der Waals surface area contributed by atoms with Crippen LogP contribution in [-0.4, -0.2) is 39.9 Å². The summed E-state index contributed by atoms with van der Waals surface area (Å²) >= 11 is 0. The number of nitrogens with one attached hydrogen (secondary N) is 2. The van der Waals surface area contributed by atoms with E-state index in [2.05, 4.69) is 15.3 Å². The first-order valence-corrected chi connectivity index (χ1v) is 6.25. The lowest BCUT2D eigenvalue weighted by Gasteiger charge is -2.26. The van der Waals surface area contributed by atoms with Crippen LogP contribution < -0.4 is 16.6 Å². The van der Waals surface area contributed by atoms with Crippen molar-refractivity contribution in [1.29, 1.82) is 0 Å². The quantitative estimate of drug-likeness (QED) is 0.480. The molecule has 0 spiro atoms. The van der Waals surface area contributed by atoms with Gasteiger partial charge in [0.2, 0.25) is 5.82 Å². The average molecular weight is 307 g/mol. The third kappa shape index (κ3) is 3.52. The molecule has 1 aliphatic heterocycles. The molecular formula is C11H16F3N5O2. The Morgan fingerprint density at radius 3 is 2.67 bits per heavy atom. The van der Waals surface area contributed by atoms with E-state index >= 15 is 0 Å². The highest BCUT2D eigenvalue weighted by molar-refractivity contribution is 5.47. The molecule has 2 rings (SSSR count). The van der Waals surface area contributed by atoms with Crippen LogP contribution in [0.1, 0.15) is 19.2 Å². The maximum atomic E-state index is 12.7. The fraction of sp³-hybridized carbons (Fsp3) is 0.636. The normalized spacial score (nSPS) is 25.9. The molecule has 5 N–H and O–H groups in total. The summed E-state index contributed by atoms with van der Waals surface area (Å²) < 4.78 is 43.3. The van der Waals surface area contributed by atoms with Crippen molar-refractivity contribution < 1.29 is 23.0 Å². The van der Waals surface area contributed by atoms with Gasteiger partial charge >= 0.3 is 6.18 Å². The van der Waals surface area contributed by atoms with E-state index in [1.807, 2.05) is 5.43 Å². The molecular weight excluding hydrogens is 291 g/mol. The van der Waals surface area contributed by atoms with Crippen molar-refractivity contribution in [2.75, 3.05) is 23.9 Å². The fourth-order valence-electron chi connectivity index (χ4n) is 1.99. The van der Waals surface area contributed by atoms with Gasteiger partial charge in [0.15, 0.2) is 0 Å². The number of anilines is 2. The predicted octanol–water partition coefficient (Wildman–Crippen LogP) is 0.733. The van der Waals surface area contributed by atoms with E-state index in [0.29, 0.717) is 13.0 Å². The van der Waals surface area contributed by atoms with E-state index < -0.39 is 23.7 Å². The zero-order valence-electron chi connectivity index (χ0n) is 11.2. The number of ether oxygens (including phenoxy) is 1. The third-order valence-corrected chi connectivity index (χ3v) is 3.36. The number of hydrogen-bond acceptors (Lipinski definition) is 7. The monoisotopic (exact) mass is 307 g/mol. The number of hydrogen-bond donors (Lipinski definition) is 4. The van der Waals surface area contributed by atoms with Gasteiger partial charge in [-0.2, -0.15) is 13.2 Å². The molecule has 2 atom stereocenters. The van der Waals surface area contributed by atoms with Crippen LogP contribution in [0.4, 0.5) is 24.8 Å². The highest BCUT2D eigenvalue weighted by Gasteiger charge is 2.40. The topological polar surface area (TPSA) is 105 Å². The molecule has 1 aliphatic rings. The summed E-state index contributed by atoms with van der Waals surface area (Å²) in [5.41, 5.74) is 0.895. The molecule has 1 fully saturated rings. The molecule has 1 aromatic rings. The van der Waals surface area contributed by atoms with E-state index in [1.54, 1.807) is 6.92 Å². The number of halogens is 3. The molecule has 0 radical (unpaired) electrons. The van der Waals surface area contributed by atoms with Crippen molar-refractivity contribution in [3.8, 4) is 0 Å². The van der Waals surface area contributed by atoms with E-state index in [-0.39, 0.29) is 18.2 Å². The Balaban J connectivity index is 2.16. The van der Waals surface area contributed by atoms with Gasteiger partial charge in [-0.1, -0.05) is 0 Å². The second kappa shape index (κ2) is 5.62. The lowest BCUT2D eigenvalue weighted by Crippen LogP contribution is -2.43. The summed E-state index contributed by atoms with van der Waals surface area (Å²) in [6.45, 7) is 2.10. The summed E-state index contributed by atoms with van der Waals surface area (Å²) in [7, 11) is 0. The first-order chi connectivity index (χ1) is 9.74. The molecule has 2 unspecified atom stereocenters. The second-order valence-corrected chi connectivity index (χ2v) is 4.82. The van der Waals surface area contributed by atoms with Crippen molar-refractivity contribution in [2.24, 2.45) is 5.84 Å². The van der Waals surface area contributed by atoms with Crippen molar-refractivity contribution in [3.63, 3.8) is 0 Å². The first-order valence-electron chi connectivity index (χ1n) is 6.25. The lowest BCUT2D eigenvalue weighted by atomic mass is 9.97. The molecule has 10 heteroatoms. The molecule has 0 saturated carbocycles. The first kappa shape index (κ1) is 15.7. The maximum Gasteiger partial charge on any atom is 0.451 e. The molecule has 1 saturated heterocycles. The minimum absolute atomic E-state index is 0.00644. The SMILES string of the molecule is CC1OCCC1(O)CNc1cc(NN)nc(C(F)(F)F)n1. The van der Waals surface area contributed by atoms with E-state index in [1.165, 1.54) is 6.07 Å². The van der Waals surface area contributed by atoms with Gasteiger partial charge in [0.1, 0.15) is 17.2 Å². The van der Waals surface area contributed by atoms with E-state index in [0.717, 1.165) is 0 Å². The molecule has 7 nitrogen and oxygen atoms in total. The molecule has 0 aliphatic carbocycles. The van der Waals surface area contributed by atoms with Gasteiger partial charge in [-0.25, -0.2) is 15.8 Å². The van der Waals surface area contributed by atoms with Gasteiger partial charge in [-0.3, -0.25) is 0 Å². The Kier molecular flexibility index (Phi) is 4.21. The summed E-state index contributed by atoms with van der Waals surface area (Å²) in [5.74, 6) is 3.51. The van der Waals surface area contributed by atoms with Crippen LogP contribution >= 0.6 is 0 Å². The summed E-state index contributed by atoms with van der Waals surface area (Å²) in [4.78, 5) is 6.61.